The van der Waals surface area contributed by atoms with E-state index in [0.29, 0.717) is 47.1 Å². The average Bonchev–Trinajstić information content (AvgIpc) is 2.87. The Hall–Kier alpha value is -3.55. The number of nitrogens with one attached hydrogen (secondary N) is 1. The Morgan fingerprint density at radius 2 is 1.61 bits per heavy atom. The summed E-state index contributed by atoms with van der Waals surface area (Å²) in [5.41, 5.74) is 4.85. The number of aromatic nitrogens is 1. The van der Waals surface area contributed by atoms with Crippen LogP contribution in [0.3, 0.4) is 0 Å². The largest absolute Gasteiger partial charge is 0.393 e. The van der Waals surface area contributed by atoms with Crippen LogP contribution < -0.4 is 4.72 Å². The molecule has 36 heavy (non-hydrogen) atoms. The predicted molar refractivity (Wildman–Crippen MR) is 145 cm³/mol. The van der Waals surface area contributed by atoms with E-state index in [0.717, 1.165) is 22.9 Å². The zero-order valence-electron chi connectivity index (χ0n) is 20.4. The number of carbonyl (C=O) groups excluding carboxylic acids is 1. The number of Topliss-reactive ketones (excluding diaryl/α,β-unsaturated/α-hetero) is 1. The van der Waals surface area contributed by atoms with Crippen LogP contribution in [0.15, 0.2) is 78.9 Å². The first kappa shape index (κ1) is 25.5. The van der Waals surface area contributed by atoms with Crippen molar-refractivity contribution in [1.82, 2.24) is 4.98 Å². The van der Waals surface area contributed by atoms with E-state index in [2.05, 4.69) is 4.72 Å². The molecule has 0 aliphatic heterocycles. The van der Waals surface area contributed by atoms with Gasteiger partial charge in [-0.05, 0) is 36.1 Å². The molecule has 4 aromatic rings. The maximum Gasteiger partial charge on any atom is 0.229 e. The summed E-state index contributed by atoms with van der Waals surface area (Å²) in [6.45, 7) is 1.88. The van der Waals surface area contributed by atoms with Gasteiger partial charge in [0.05, 0.1) is 29.3 Å². The van der Waals surface area contributed by atoms with Gasteiger partial charge in [0.15, 0.2) is 0 Å². The fourth-order valence-electron chi connectivity index (χ4n) is 4.25. The van der Waals surface area contributed by atoms with Gasteiger partial charge >= 0.3 is 0 Å². The lowest BCUT2D eigenvalue weighted by Gasteiger charge is -2.19. The normalized spacial score (nSPS) is 12.4. The molecule has 2 N–H and O–H groups in total. The SMILES string of the molecule is CCC(O)CCC(=O)Cc1ccc2nc(-c3ccccc3)c(-c3ccccc3)c(NS(C)(=O)=O)c2c1. The third kappa shape index (κ3) is 6.17. The number of carbonyl (C=O) groups is 1. The number of hydrogen-bond acceptors (Lipinski definition) is 5. The summed E-state index contributed by atoms with van der Waals surface area (Å²) in [6.07, 6.45) is 2.19. The van der Waals surface area contributed by atoms with Crippen LogP contribution in [-0.2, 0) is 21.2 Å². The number of benzene rings is 3. The first-order chi connectivity index (χ1) is 17.2. The molecule has 3 aromatic carbocycles. The zero-order chi connectivity index (χ0) is 25.7. The molecule has 1 heterocycles. The van der Waals surface area contributed by atoms with Crippen LogP contribution >= 0.6 is 0 Å². The highest BCUT2D eigenvalue weighted by atomic mass is 32.2. The summed E-state index contributed by atoms with van der Waals surface area (Å²) in [5.74, 6) is 0.0246. The Morgan fingerprint density at radius 3 is 2.22 bits per heavy atom. The van der Waals surface area contributed by atoms with E-state index in [4.69, 9.17) is 4.98 Å². The van der Waals surface area contributed by atoms with Crippen molar-refractivity contribution >= 4 is 32.4 Å². The lowest BCUT2D eigenvalue weighted by atomic mass is 9.94. The van der Waals surface area contributed by atoms with Crippen LogP contribution in [-0.4, -0.2) is 36.7 Å². The number of fused-ring (bicyclic) bond motifs is 1. The quantitative estimate of drug-likeness (QED) is 0.294. The molecule has 0 aliphatic rings. The van der Waals surface area contributed by atoms with E-state index in [1.807, 2.05) is 85.8 Å². The first-order valence-corrected chi connectivity index (χ1v) is 13.9. The van der Waals surface area contributed by atoms with Gasteiger partial charge in [-0.2, -0.15) is 0 Å². The van der Waals surface area contributed by atoms with Gasteiger partial charge in [-0.15, -0.1) is 0 Å². The van der Waals surface area contributed by atoms with Crippen molar-refractivity contribution in [1.29, 1.82) is 0 Å². The highest BCUT2D eigenvalue weighted by Crippen LogP contribution is 2.41. The molecule has 1 atom stereocenters. The maximum absolute atomic E-state index is 12.6. The molecule has 186 valence electrons. The fourth-order valence-corrected chi connectivity index (χ4v) is 4.83. The molecule has 6 nitrogen and oxygen atoms in total. The van der Waals surface area contributed by atoms with Crippen LogP contribution in [0.2, 0.25) is 0 Å². The number of rotatable bonds is 10. The molecule has 0 aliphatic carbocycles. The summed E-state index contributed by atoms with van der Waals surface area (Å²) >= 11 is 0. The predicted octanol–water partition coefficient (Wildman–Crippen LogP) is 5.60. The average molecular weight is 503 g/mol. The van der Waals surface area contributed by atoms with Gasteiger partial charge in [0.25, 0.3) is 0 Å². The van der Waals surface area contributed by atoms with Crippen LogP contribution in [0.4, 0.5) is 5.69 Å². The van der Waals surface area contributed by atoms with E-state index in [1.165, 1.54) is 0 Å². The maximum atomic E-state index is 12.6. The highest BCUT2D eigenvalue weighted by molar-refractivity contribution is 7.92. The molecular weight excluding hydrogens is 472 g/mol. The molecule has 1 unspecified atom stereocenters. The summed E-state index contributed by atoms with van der Waals surface area (Å²) in [5, 5.41) is 10.4. The van der Waals surface area contributed by atoms with Crippen LogP contribution in [0.1, 0.15) is 31.7 Å². The van der Waals surface area contributed by atoms with Crippen LogP contribution in [0.5, 0.6) is 0 Å². The van der Waals surface area contributed by atoms with E-state index < -0.39 is 16.1 Å². The van der Waals surface area contributed by atoms with Gasteiger partial charge in [0.1, 0.15) is 5.78 Å². The summed E-state index contributed by atoms with van der Waals surface area (Å²) in [4.78, 5) is 17.5. The van der Waals surface area contributed by atoms with Crippen LogP contribution in [0, 0.1) is 0 Å². The first-order valence-electron chi connectivity index (χ1n) is 12.0. The molecule has 4 rings (SSSR count). The van der Waals surface area contributed by atoms with Crippen molar-refractivity contribution in [2.45, 2.75) is 38.7 Å². The third-order valence-corrected chi connectivity index (χ3v) is 6.65. The van der Waals surface area contributed by atoms with Crippen molar-refractivity contribution in [3.05, 3.63) is 84.4 Å². The van der Waals surface area contributed by atoms with E-state index in [-0.39, 0.29) is 12.2 Å². The van der Waals surface area contributed by atoms with E-state index in [9.17, 15) is 18.3 Å². The molecular formula is C29H30N2O4S. The summed E-state index contributed by atoms with van der Waals surface area (Å²) in [6, 6.07) is 24.7. The van der Waals surface area contributed by atoms with Crippen molar-refractivity contribution in [3.8, 4) is 22.4 Å². The Balaban J connectivity index is 1.91. The molecule has 0 fully saturated rings. The van der Waals surface area contributed by atoms with Gasteiger partial charge in [0, 0.05) is 29.4 Å². The van der Waals surface area contributed by atoms with Crippen molar-refractivity contribution in [3.63, 3.8) is 0 Å². The third-order valence-electron chi connectivity index (χ3n) is 6.08. The molecule has 0 saturated carbocycles. The number of ketones is 1. The molecule has 0 spiro atoms. The highest BCUT2D eigenvalue weighted by Gasteiger charge is 2.21. The minimum absolute atomic E-state index is 0.0246. The fraction of sp³-hybridized carbons (Fsp3) is 0.241. The second-order valence-corrected chi connectivity index (χ2v) is 10.7. The number of aliphatic hydroxyl groups excluding tert-OH is 1. The van der Waals surface area contributed by atoms with Crippen LogP contribution in [0.25, 0.3) is 33.3 Å². The second-order valence-electron chi connectivity index (χ2n) is 8.98. The minimum atomic E-state index is -3.63. The molecule has 0 bridgehead atoms. The number of pyridine rings is 1. The van der Waals surface area contributed by atoms with Gasteiger partial charge in [0.2, 0.25) is 10.0 Å². The monoisotopic (exact) mass is 502 g/mol. The minimum Gasteiger partial charge on any atom is -0.393 e. The zero-order valence-corrected chi connectivity index (χ0v) is 21.3. The summed E-state index contributed by atoms with van der Waals surface area (Å²) in [7, 11) is -3.63. The Labute approximate surface area is 212 Å². The lowest BCUT2D eigenvalue weighted by Crippen LogP contribution is -2.12. The second kappa shape index (κ2) is 11.0. The Bertz CT molecular complexity index is 1470. The number of aliphatic hydroxyl groups is 1. The molecule has 7 heteroatoms. The van der Waals surface area contributed by atoms with E-state index in [1.54, 1.807) is 0 Å². The van der Waals surface area contributed by atoms with Crippen molar-refractivity contribution in [2.24, 2.45) is 0 Å². The van der Waals surface area contributed by atoms with Gasteiger partial charge in [-0.25, -0.2) is 13.4 Å². The Kier molecular flexibility index (Phi) is 7.82. The van der Waals surface area contributed by atoms with Gasteiger partial charge in [-0.3, -0.25) is 9.52 Å². The van der Waals surface area contributed by atoms with Crippen molar-refractivity contribution in [2.75, 3.05) is 11.0 Å². The van der Waals surface area contributed by atoms with E-state index >= 15 is 0 Å². The van der Waals surface area contributed by atoms with Crippen molar-refractivity contribution < 1.29 is 18.3 Å². The number of anilines is 1. The van der Waals surface area contributed by atoms with Gasteiger partial charge in [-0.1, -0.05) is 73.7 Å². The summed E-state index contributed by atoms with van der Waals surface area (Å²) < 4.78 is 27.8. The standard InChI is InChI=1S/C29H30N2O4S/c1-3-23(32)15-16-24(33)18-20-14-17-26-25(19-20)29(31-36(2,34)35)27(21-10-6-4-7-11-21)28(30-26)22-12-8-5-9-13-22/h4-14,17,19,23,32H,3,15-16,18H2,1-2H3,(H,30,31). The topological polar surface area (TPSA) is 96.4 Å². The lowest BCUT2D eigenvalue weighted by molar-refractivity contribution is -0.119. The smallest absolute Gasteiger partial charge is 0.229 e. The molecule has 1 aromatic heterocycles. The number of sulfonamides is 1. The number of nitrogens with zero attached hydrogens (tertiary/aromatic N) is 1. The van der Waals surface area contributed by atoms with Gasteiger partial charge < -0.3 is 5.11 Å². The number of hydrogen-bond donors (Lipinski definition) is 2. The Morgan fingerprint density at radius 1 is 0.972 bits per heavy atom. The molecule has 0 amide bonds. The molecule has 0 radical (unpaired) electrons. The molecule has 0 saturated heterocycles.